The van der Waals surface area contributed by atoms with Crippen molar-refractivity contribution in [1.29, 1.82) is 0 Å². The number of aromatic nitrogens is 3. The van der Waals surface area contributed by atoms with Gasteiger partial charge in [0, 0.05) is 68.0 Å². The highest BCUT2D eigenvalue weighted by Crippen LogP contribution is 2.32. The molecule has 246 valence electrons. The average Bonchev–Trinajstić information content (AvgIpc) is 3.95. The molecule has 7 rings (SSSR count). The van der Waals surface area contributed by atoms with E-state index in [1.807, 2.05) is 24.3 Å². The summed E-state index contributed by atoms with van der Waals surface area (Å²) in [7, 11) is 0. The summed E-state index contributed by atoms with van der Waals surface area (Å²) in [4.78, 5) is 54.3. The molecule has 0 unspecified atom stereocenters. The number of piperidine rings is 1. The van der Waals surface area contributed by atoms with Crippen LogP contribution in [0.3, 0.4) is 0 Å². The first-order valence-corrected chi connectivity index (χ1v) is 16.2. The lowest BCUT2D eigenvalue weighted by Crippen LogP contribution is -2.57. The molecule has 2 aromatic heterocycles. The highest BCUT2D eigenvalue weighted by Gasteiger charge is 2.34. The molecule has 2 N–H and O–H groups in total. The first-order chi connectivity index (χ1) is 23.5. The van der Waals surface area contributed by atoms with E-state index in [0.717, 1.165) is 24.0 Å². The minimum Gasteiger partial charge on any atom is -0.493 e. The van der Waals surface area contributed by atoms with Crippen molar-refractivity contribution in [2.24, 2.45) is 5.92 Å². The van der Waals surface area contributed by atoms with Crippen LogP contribution in [0.15, 0.2) is 79.4 Å². The maximum atomic E-state index is 13.5. The second-order valence-electron chi connectivity index (χ2n) is 12.3. The van der Waals surface area contributed by atoms with Gasteiger partial charge in [-0.15, -0.1) is 0 Å². The van der Waals surface area contributed by atoms with E-state index in [0.29, 0.717) is 59.7 Å². The smallest absolute Gasteiger partial charge is 0.257 e. The van der Waals surface area contributed by atoms with Crippen LogP contribution in [0.1, 0.15) is 52.0 Å². The predicted octanol–water partition coefficient (Wildman–Crippen LogP) is 4.17. The Bertz CT molecular complexity index is 1780. The van der Waals surface area contributed by atoms with Crippen molar-refractivity contribution in [3.8, 4) is 28.6 Å². The van der Waals surface area contributed by atoms with Crippen LogP contribution in [0.4, 0.5) is 0 Å². The van der Waals surface area contributed by atoms with Gasteiger partial charge >= 0.3 is 0 Å². The Kier molecular flexibility index (Phi) is 9.23. The highest BCUT2D eigenvalue weighted by molar-refractivity contribution is 5.95. The van der Waals surface area contributed by atoms with Crippen LogP contribution in [-0.4, -0.2) is 76.0 Å². The number of ether oxygens (including phenoxy) is 3. The van der Waals surface area contributed by atoms with Crippen LogP contribution in [0.5, 0.6) is 17.2 Å². The maximum Gasteiger partial charge on any atom is 0.257 e. The molecule has 1 aliphatic carbocycles. The summed E-state index contributed by atoms with van der Waals surface area (Å²) in [5.74, 6) is 1.84. The third kappa shape index (κ3) is 7.77. The summed E-state index contributed by atoms with van der Waals surface area (Å²) in [6.45, 7) is 1.67. The molecule has 3 amide bonds. The number of rotatable bonds is 5. The number of hydrogen-bond acceptors (Lipinski definition) is 9. The zero-order valence-corrected chi connectivity index (χ0v) is 26.3. The zero-order chi connectivity index (χ0) is 32.9. The molecule has 2 fully saturated rings. The minimum atomic E-state index is -0.473. The van der Waals surface area contributed by atoms with E-state index in [1.165, 1.54) is 12.4 Å². The Labute approximate surface area is 277 Å². The third-order valence-corrected chi connectivity index (χ3v) is 8.58. The molecular formula is C36H36N6O6. The number of fused-ring (bicyclic) bond motifs is 5. The van der Waals surface area contributed by atoms with E-state index in [9.17, 15) is 14.4 Å². The van der Waals surface area contributed by atoms with E-state index < -0.39 is 6.04 Å². The first kappa shape index (κ1) is 31.3. The number of benzene rings is 2. The molecule has 3 aliphatic rings. The predicted molar refractivity (Wildman–Crippen MR) is 174 cm³/mol. The summed E-state index contributed by atoms with van der Waals surface area (Å²) in [5, 5.41) is 5.90. The van der Waals surface area contributed by atoms with E-state index in [4.69, 9.17) is 14.2 Å². The van der Waals surface area contributed by atoms with Crippen molar-refractivity contribution in [2.45, 2.75) is 44.4 Å². The fraction of sp³-hybridized carbons (Fsp3) is 0.333. The second kappa shape index (κ2) is 14.2. The standard InChI is InChI=1S/C36H36N6O6/c43-33-8-12-38-35(44)26-15-29(46-21-23-4-5-23)17-30(16-26)48-28-3-1-2-24(14-28)22-47-32-9-13-42(20-31(32)41-33)36(45)27-18-39-34(40-19-27)25-6-10-37-11-7-25/h1-3,6-7,10-11,14-19,23,31-32H,4-5,8-9,12-13,20-22H2,(H,38,44)(H,41,43)/t31-,32+/m0/s1. The van der Waals surface area contributed by atoms with Crippen LogP contribution < -0.4 is 20.1 Å². The molecule has 4 heterocycles. The molecule has 2 aliphatic heterocycles. The zero-order valence-electron chi connectivity index (χ0n) is 26.3. The number of hydrogen-bond donors (Lipinski definition) is 2. The van der Waals surface area contributed by atoms with Gasteiger partial charge in [0.1, 0.15) is 17.2 Å². The molecule has 2 atom stereocenters. The van der Waals surface area contributed by atoms with Gasteiger partial charge in [0.2, 0.25) is 5.91 Å². The van der Waals surface area contributed by atoms with Crippen molar-refractivity contribution in [3.05, 3.63) is 96.1 Å². The Morgan fingerprint density at radius 3 is 2.60 bits per heavy atom. The topological polar surface area (TPSA) is 145 Å². The fourth-order valence-electron chi connectivity index (χ4n) is 5.78. The molecular weight excluding hydrogens is 612 g/mol. The number of nitrogens with zero attached hydrogens (tertiary/aromatic N) is 4. The molecule has 1 saturated heterocycles. The lowest BCUT2D eigenvalue weighted by molar-refractivity contribution is -0.124. The van der Waals surface area contributed by atoms with Gasteiger partial charge in [-0.2, -0.15) is 0 Å². The molecule has 12 nitrogen and oxygen atoms in total. The van der Waals surface area contributed by atoms with Gasteiger partial charge in [-0.05, 0) is 67.1 Å². The fourth-order valence-corrected chi connectivity index (χ4v) is 5.78. The number of nitrogens with one attached hydrogen (secondary N) is 2. The lowest BCUT2D eigenvalue weighted by Gasteiger charge is -2.38. The van der Waals surface area contributed by atoms with Crippen LogP contribution >= 0.6 is 0 Å². The van der Waals surface area contributed by atoms with Crippen molar-refractivity contribution >= 4 is 17.7 Å². The Morgan fingerprint density at radius 1 is 0.958 bits per heavy atom. The van der Waals surface area contributed by atoms with Crippen LogP contribution in [0.25, 0.3) is 11.4 Å². The molecule has 4 bridgehead atoms. The number of carbonyl (C=O) groups is 3. The first-order valence-electron chi connectivity index (χ1n) is 16.2. The summed E-state index contributed by atoms with van der Waals surface area (Å²) in [5.41, 5.74) is 2.41. The summed E-state index contributed by atoms with van der Waals surface area (Å²) >= 11 is 0. The average molecular weight is 649 g/mol. The van der Waals surface area contributed by atoms with E-state index in [1.54, 1.807) is 47.6 Å². The van der Waals surface area contributed by atoms with Crippen molar-refractivity contribution in [3.63, 3.8) is 0 Å². The molecule has 12 heteroatoms. The number of likely N-dealkylation sites (tertiary alicyclic amines) is 1. The molecule has 2 aromatic carbocycles. The summed E-state index contributed by atoms with van der Waals surface area (Å²) in [6, 6.07) is 15.8. The van der Waals surface area contributed by atoms with Crippen LogP contribution in [-0.2, 0) is 16.1 Å². The summed E-state index contributed by atoms with van der Waals surface area (Å²) in [6.07, 6.45) is 8.86. The van der Waals surface area contributed by atoms with Gasteiger partial charge < -0.3 is 29.7 Å². The number of carbonyl (C=O) groups excluding carboxylic acids is 3. The maximum absolute atomic E-state index is 13.5. The highest BCUT2D eigenvalue weighted by atomic mass is 16.5. The van der Waals surface area contributed by atoms with Gasteiger partial charge in [0.05, 0.1) is 30.9 Å². The normalized spacial score (nSPS) is 20.0. The Hall–Kier alpha value is -5.36. The number of amides is 3. The number of pyridine rings is 1. The SMILES string of the molecule is O=C1CCNC(=O)c2cc(OCC3CC3)cc(c2)Oc2cccc(c2)CO[C@@H]2CCN(C(=O)c3cnc(-c4ccncc4)nc3)C[C@@H]2N1. The lowest BCUT2D eigenvalue weighted by atomic mass is 10.0. The van der Waals surface area contributed by atoms with E-state index in [2.05, 4.69) is 25.6 Å². The van der Waals surface area contributed by atoms with Crippen molar-refractivity contribution in [1.82, 2.24) is 30.5 Å². The Morgan fingerprint density at radius 2 is 1.79 bits per heavy atom. The molecule has 0 radical (unpaired) electrons. The van der Waals surface area contributed by atoms with E-state index in [-0.39, 0.29) is 49.9 Å². The van der Waals surface area contributed by atoms with Crippen LogP contribution in [0, 0.1) is 5.92 Å². The Balaban J connectivity index is 1.07. The molecule has 4 aromatic rings. The molecule has 0 spiro atoms. The van der Waals surface area contributed by atoms with Crippen molar-refractivity contribution < 1.29 is 28.6 Å². The minimum absolute atomic E-state index is 0.0508. The van der Waals surface area contributed by atoms with Gasteiger partial charge in [-0.25, -0.2) is 9.97 Å². The van der Waals surface area contributed by atoms with Gasteiger partial charge in [0.15, 0.2) is 5.82 Å². The largest absolute Gasteiger partial charge is 0.493 e. The third-order valence-electron chi connectivity index (χ3n) is 8.58. The van der Waals surface area contributed by atoms with Crippen molar-refractivity contribution in [2.75, 3.05) is 26.2 Å². The van der Waals surface area contributed by atoms with Gasteiger partial charge in [-0.3, -0.25) is 19.4 Å². The monoisotopic (exact) mass is 648 g/mol. The van der Waals surface area contributed by atoms with Gasteiger partial charge in [0.25, 0.3) is 11.8 Å². The molecule has 48 heavy (non-hydrogen) atoms. The van der Waals surface area contributed by atoms with E-state index >= 15 is 0 Å². The second-order valence-corrected chi connectivity index (χ2v) is 12.3. The quantitative estimate of drug-likeness (QED) is 0.326. The van der Waals surface area contributed by atoms with Crippen LogP contribution in [0.2, 0.25) is 0 Å². The summed E-state index contributed by atoms with van der Waals surface area (Å²) < 4.78 is 18.5. The molecule has 1 saturated carbocycles. The van der Waals surface area contributed by atoms with Gasteiger partial charge in [-0.1, -0.05) is 12.1 Å².